The van der Waals surface area contributed by atoms with E-state index < -0.39 is 0 Å². The standard InChI is InChI=1S/C16H33NO2/c1-4-15-7-5-8-16(13-15)19-12-10-17-9-6-11-18-14(2)3/h14-17H,4-13H2,1-3H3. The average Bonchev–Trinajstić information content (AvgIpc) is 2.41. The van der Waals surface area contributed by atoms with E-state index in [1.807, 2.05) is 0 Å². The Morgan fingerprint density at radius 1 is 1.16 bits per heavy atom. The van der Waals surface area contributed by atoms with E-state index in [1.165, 1.54) is 32.1 Å². The summed E-state index contributed by atoms with van der Waals surface area (Å²) >= 11 is 0. The van der Waals surface area contributed by atoms with Crippen LogP contribution in [0.2, 0.25) is 0 Å². The molecule has 0 amide bonds. The van der Waals surface area contributed by atoms with Crippen LogP contribution in [0.25, 0.3) is 0 Å². The van der Waals surface area contributed by atoms with Crippen LogP contribution in [0.3, 0.4) is 0 Å². The van der Waals surface area contributed by atoms with E-state index in [9.17, 15) is 0 Å². The molecule has 2 unspecified atom stereocenters. The van der Waals surface area contributed by atoms with Crippen molar-refractivity contribution in [2.75, 3.05) is 26.3 Å². The van der Waals surface area contributed by atoms with E-state index in [1.54, 1.807) is 0 Å². The molecule has 0 spiro atoms. The highest BCUT2D eigenvalue weighted by Gasteiger charge is 2.20. The van der Waals surface area contributed by atoms with Gasteiger partial charge >= 0.3 is 0 Å². The smallest absolute Gasteiger partial charge is 0.0594 e. The fourth-order valence-corrected chi connectivity index (χ4v) is 2.70. The van der Waals surface area contributed by atoms with Crippen molar-refractivity contribution in [3.8, 4) is 0 Å². The van der Waals surface area contributed by atoms with Crippen LogP contribution < -0.4 is 5.32 Å². The van der Waals surface area contributed by atoms with E-state index in [0.29, 0.717) is 12.2 Å². The average molecular weight is 271 g/mol. The minimum atomic E-state index is 0.348. The molecule has 114 valence electrons. The predicted octanol–water partition coefficient (Wildman–Crippen LogP) is 3.38. The molecule has 0 heterocycles. The molecule has 1 aliphatic rings. The molecule has 1 saturated carbocycles. The molecule has 2 atom stereocenters. The number of hydrogen-bond acceptors (Lipinski definition) is 3. The summed E-state index contributed by atoms with van der Waals surface area (Å²) in [5, 5.41) is 3.42. The van der Waals surface area contributed by atoms with Crippen molar-refractivity contribution in [3.05, 3.63) is 0 Å². The molecule has 1 fully saturated rings. The third-order valence-electron chi connectivity index (χ3n) is 3.89. The molecule has 3 heteroatoms. The van der Waals surface area contributed by atoms with Gasteiger partial charge in [-0.15, -0.1) is 0 Å². The minimum Gasteiger partial charge on any atom is -0.379 e. The van der Waals surface area contributed by atoms with Crippen molar-refractivity contribution < 1.29 is 9.47 Å². The number of hydrogen-bond donors (Lipinski definition) is 1. The molecule has 19 heavy (non-hydrogen) atoms. The molecule has 1 rings (SSSR count). The quantitative estimate of drug-likeness (QED) is 0.618. The number of nitrogens with one attached hydrogen (secondary N) is 1. The third kappa shape index (κ3) is 8.61. The second-order valence-corrected chi connectivity index (χ2v) is 5.96. The van der Waals surface area contributed by atoms with Gasteiger partial charge in [-0.3, -0.25) is 0 Å². The molecule has 0 bridgehead atoms. The first-order valence-electron chi connectivity index (χ1n) is 8.16. The fourth-order valence-electron chi connectivity index (χ4n) is 2.70. The van der Waals surface area contributed by atoms with Gasteiger partial charge in [0.2, 0.25) is 0 Å². The summed E-state index contributed by atoms with van der Waals surface area (Å²) in [7, 11) is 0. The zero-order valence-electron chi connectivity index (χ0n) is 13.1. The highest BCUT2D eigenvalue weighted by atomic mass is 16.5. The van der Waals surface area contributed by atoms with Gasteiger partial charge in [0.15, 0.2) is 0 Å². The topological polar surface area (TPSA) is 30.5 Å². The Morgan fingerprint density at radius 2 is 2.00 bits per heavy atom. The summed E-state index contributed by atoms with van der Waals surface area (Å²) in [5.41, 5.74) is 0. The van der Waals surface area contributed by atoms with E-state index in [-0.39, 0.29) is 0 Å². The summed E-state index contributed by atoms with van der Waals surface area (Å²) in [6.45, 7) is 10.2. The molecule has 0 saturated heterocycles. The van der Waals surface area contributed by atoms with Gasteiger partial charge in [-0.05, 0) is 45.6 Å². The van der Waals surface area contributed by atoms with E-state index in [0.717, 1.165) is 38.6 Å². The SMILES string of the molecule is CCC1CCCC(OCCNCCCOC(C)C)C1. The zero-order valence-corrected chi connectivity index (χ0v) is 13.1. The van der Waals surface area contributed by atoms with Crippen molar-refractivity contribution in [3.63, 3.8) is 0 Å². The van der Waals surface area contributed by atoms with Crippen LogP contribution in [-0.2, 0) is 9.47 Å². The lowest BCUT2D eigenvalue weighted by molar-refractivity contribution is 0.0139. The van der Waals surface area contributed by atoms with Crippen LogP contribution in [0, 0.1) is 5.92 Å². The molecule has 1 N–H and O–H groups in total. The van der Waals surface area contributed by atoms with Crippen molar-refractivity contribution in [1.82, 2.24) is 5.32 Å². The van der Waals surface area contributed by atoms with Gasteiger partial charge in [0.1, 0.15) is 0 Å². The van der Waals surface area contributed by atoms with Crippen molar-refractivity contribution >= 4 is 0 Å². The summed E-state index contributed by atoms with van der Waals surface area (Å²) in [6.07, 6.45) is 8.56. The third-order valence-corrected chi connectivity index (χ3v) is 3.89. The van der Waals surface area contributed by atoms with Crippen LogP contribution in [-0.4, -0.2) is 38.5 Å². The Hall–Kier alpha value is -0.120. The largest absolute Gasteiger partial charge is 0.379 e. The fraction of sp³-hybridized carbons (Fsp3) is 1.00. The Balaban J connectivity index is 1.87. The van der Waals surface area contributed by atoms with E-state index in [2.05, 4.69) is 26.1 Å². The lowest BCUT2D eigenvalue weighted by atomic mass is 9.85. The van der Waals surface area contributed by atoms with Gasteiger partial charge in [-0.2, -0.15) is 0 Å². The summed E-state index contributed by atoms with van der Waals surface area (Å²) in [5.74, 6) is 0.903. The molecular weight excluding hydrogens is 238 g/mol. The molecule has 0 radical (unpaired) electrons. The van der Waals surface area contributed by atoms with Gasteiger partial charge < -0.3 is 14.8 Å². The molecule has 0 aromatic carbocycles. The maximum Gasteiger partial charge on any atom is 0.0594 e. The lowest BCUT2D eigenvalue weighted by Crippen LogP contribution is -2.27. The lowest BCUT2D eigenvalue weighted by Gasteiger charge is -2.28. The van der Waals surface area contributed by atoms with E-state index in [4.69, 9.17) is 9.47 Å². The van der Waals surface area contributed by atoms with Crippen molar-refractivity contribution in [2.24, 2.45) is 5.92 Å². The summed E-state index contributed by atoms with van der Waals surface area (Å²) in [4.78, 5) is 0. The van der Waals surface area contributed by atoms with Crippen LogP contribution in [0.5, 0.6) is 0 Å². The Kier molecular flexibility index (Phi) is 9.48. The summed E-state index contributed by atoms with van der Waals surface area (Å²) < 4.78 is 11.5. The normalized spacial score (nSPS) is 24.0. The van der Waals surface area contributed by atoms with Gasteiger partial charge in [0.05, 0.1) is 18.8 Å². The molecule has 1 aliphatic carbocycles. The molecular formula is C16H33NO2. The first kappa shape index (κ1) is 16.9. The summed E-state index contributed by atoms with van der Waals surface area (Å²) in [6, 6.07) is 0. The maximum absolute atomic E-state index is 5.97. The van der Waals surface area contributed by atoms with E-state index >= 15 is 0 Å². The van der Waals surface area contributed by atoms with Gasteiger partial charge in [-0.25, -0.2) is 0 Å². The highest BCUT2D eigenvalue weighted by molar-refractivity contribution is 4.72. The predicted molar refractivity (Wildman–Crippen MR) is 80.6 cm³/mol. The van der Waals surface area contributed by atoms with Gasteiger partial charge in [0, 0.05) is 13.2 Å². The first-order chi connectivity index (χ1) is 9.22. The second-order valence-electron chi connectivity index (χ2n) is 5.96. The van der Waals surface area contributed by atoms with Gasteiger partial charge in [-0.1, -0.05) is 26.2 Å². The Bertz CT molecular complexity index is 209. The number of ether oxygens (including phenoxy) is 2. The molecule has 0 aromatic rings. The molecule has 3 nitrogen and oxygen atoms in total. The van der Waals surface area contributed by atoms with Crippen molar-refractivity contribution in [1.29, 1.82) is 0 Å². The van der Waals surface area contributed by atoms with Crippen molar-refractivity contribution in [2.45, 2.75) is 71.5 Å². The van der Waals surface area contributed by atoms with Gasteiger partial charge in [0.25, 0.3) is 0 Å². The number of rotatable bonds is 10. The monoisotopic (exact) mass is 271 g/mol. The molecule has 0 aliphatic heterocycles. The first-order valence-corrected chi connectivity index (χ1v) is 8.16. The Morgan fingerprint density at radius 3 is 2.74 bits per heavy atom. The van der Waals surface area contributed by atoms with Crippen LogP contribution >= 0.6 is 0 Å². The Labute approximate surface area is 119 Å². The van der Waals surface area contributed by atoms with Crippen LogP contribution in [0.4, 0.5) is 0 Å². The second kappa shape index (κ2) is 10.6. The zero-order chi connectivity index (χ0) is 13.9. The van der Waals surface area contributed by atoms with Crippen LogP contribution in [0.15, 0.2) is 0 Å². The maximum atomic E-state index is 5.97. The minimum absolute atomic E-state index is 0.348. The van der Waals surface area contributed by atoms with Crippen LogP contribution in [0.1, 0.15) is 59.3 Å². The molecule has 0 aromatic heterocycles. The highest BCUT2D eigenvalue weighted by Crippen LogP contribution is 2.28.